The maximum atomic E-state index is 11.8. The van der Waals surface area contributed by atoms with E-state index in [2.05, 4.69) is 20.8 Å². The van der Waals surface area contributed by atoms with Crippen LogP contribution >= 0.6 is 0 Å². The smallest absolute Gasteiger partial charge is 0.322 e. The maximum Gasteiger partial charge on any atom is 0.322 e. The Morgan fingerprint density at radius 2 is 2.22 bits per heavy atom. The molecule has 1 aromatic rings. The number of anilines is 1. The van der Waals surface area contributed by atoms with Crippen molar-refractivity contribution in [2.24, 2.45) is 11.8 Å². The summed E-state index contributed by atoms with van der Waals surface area (Å²) in [7, 11) is 0. The van der Waals surface area contributed by atoms with Crippen LogP contribution in [0.4, 0.5) is 6.01 Å². The van der Waals surface area contributed by atoms with Crippen LogP contribution in [-0.4, -0.2) is 22.6 Å². The fraction of sp³-hybridized carbons (Fsp3) is 0.750. The number of nitrogens with one attached hydrogen (secondary N) is 2. The third-order valence-corrected chi connectivity index (χ3v) is 3.44. The predicted molar refractivity (Wildman–Crippen MR) is 66.9 cm³/mol. The highest BCUT2D eigenvalue weighted by atomic mass is 16.4. The topological polar surface area (TPSA) is 80.0 Å². The Kier molecular flexibility index (Phi) is 3.96. The van der Waals surface area contributed by atoms with E-state index in [4.69, 9.17) is 4.42 Å². The van der Waals surface area contributed by atoms with Crippen molar-refractivity contribution in [1.29, 1.82) is 0 Å². The van der Waals surface area contributed by atoms with Gasteiger partial charge in [-0.15, -0.1) is 5.10 Å². The van der Waals surface area contributed by atoms with Gasteiger partial charge in [-0.25, -0.2) is 0 Å². The number of carbonyl (C=O) groups excluding carboxylic acids is 1. The van der Waals surface area contributed by atoms with Crippen molar-refractivity contribution < 1.29 is 9.21 Å². The lowest BCUT2D eigenvalue weighted by molar-refractivity contribution is -0.120. The van der Waals surface area contributed by atoms with E-state index in [-0.39, 0.29) is 29.8 Å². The van der Waals surface area contributed by atoms with Crippen molar-refractivity contribution in [2.45, 2.75) is 39.7 Å². The zero-order valence-corrected chi connectivity index (χ0v) is 11.1. The van der Waals surface area contributed by atoms with E-state index < -0.39 is 0 Å². The van der Waals surface area contributed by atoms with Gasteiger partial charge in [-0.1, -0.05) is 25.9 Å². The fourth-order valence-electron chi connectivity index (χ4n) is 1.84. The third-order valence-electron chi connectivity index (χ3n) is 3.44. The lowest BCUT2D eigenvalue weighted by Crippen LogP contribution is -2.24. The van der Waals surface area contributed by atoms with Crippen LogP contribution < -0.4 is 10.6 Å². The second kappa shape index (κ2) is 5.48. The molecule has 6 heteroatoms. The Balaban J connectivity index is 1.96. The molecular formula is C12H20N4O2. The molecule has 0 radical (unpaired) electrons. The highest BCUT2D eigenvalue weighted by Gasteiger charge is 2.23. The standard InChI is InChI=1S/C12H20N4O2/c1-7(2)8(3)10(17)14-12-16-15-11(18-12)9-5-4-6-13-9/h7-9,13H,4-6H2,1-3H3,(H,14,16,17). The summed E-state index contributed by atoms with van der Waals surface area (Å²) in [5.41, 5.74) is 0. The van der Waals surface area contributed by atoms with Crippen LogP contribution in [0.2, 0.25) is 0 Å². The first-order valence-corrected chi connectivity index (χ1v) is 6.45. The first-order chi connectivity index (χ1) is 8.58. The second-order valence-electron chi connectivity index (χ2n) is 5.12. The fourth-order valence-corrected chi connectivity index (χ4v) is 1.84. The van der Waals surface area contributed by atoms with Crippen LogP contribution in [0, 0.1) is 11.8 Å². The summed E-state index contributed by atoms with van der Waals surface area (Å²) < 4.78 is 5.45. The summed E-state index contributed by atoms with van der Waals surface area (Å²) >= 11 is 0. The van der Waals surface area contributed by atoms with E-state index in [1.165, 1.54) is 0 Å². The number of carbonyl (C=O) groups is 1. The SMILES string of the molecule is CC(C)C(C)C(=O)Nc1nnc(C2CCCN2)o1. The van der Waals surface area contributed by atoms with Crippen LogP contribution in [0.15, 0.2) is 4.42 Å². The van der Waals surface area contributed by atoms with Crippen LogP contribution in [-0.2, 0) is 4.79 Å². The molecule has 1 amide bonds. The van der Waals surface area contributed by atoms with Crippen molar-refractivity contribution in [3.63, 3.8) is 0 Å². The van der Waals surface area contributed by atoms with Gasteiger partial charge in [-0.05, 0) is 25.3 Å². The molecule has 0 saturated carbocycles. The third kappa shape index (κ3) is 2.87. The molecule has 18 heavy (non-hydrogen) atoms. The second-order valence-corrected chi connectivity index (χ2v) is 5.12. The van der Waals surface area contributed by atoms with Crippen LogP contribution in [0.5, 0.6) is 0 Å². The van der Waals surface area contributed by atoms with Gasteiger partial charge >= 0.3 is 6.01 Å². The Morgan fingerprint density at radius 1 is 1.44 bits per heavy atom. The first-order valence-electron chi connectivity index (χ1n) is 6.45. The van der Waals surface area contributed by atoms with Crippen molar-refractivity contribution in [3.8, 4) is 0 Å². The molecule has 6 nitrogen and oxygen atoms in total. The Bertz CT molecular complexity index is 410. The molecule has 1 fully saturated rings. The largest absolute Gasteiger partial charge is 0.406 e. The van der Waals surface area contributed by atoms with E-state index in [1.54, 1.807) is 0 Å². The lowest BCUT2D eigenvalue weighted by atomic mass is 9.97. The number of rotatable bonds is 4. The molecule has 1 aliphatic heterocycles. The number of hydrogen-bond acceptors (Lipinski definition) is 5. The van der Waals surface area contributed by atoms with E-state index in [0.29, 0.717) is 5.89 Å². The lowest BCUT2D eigenvalue weighted by Gasteiger charge is -2.13. The highest BCUT2D eigenvalue weighted by Crippen LogP contribution is 2.23. The molecule has 1 saturated heterocycles. The van der Waals surface area contributed by atoms with Crippen molar-refractivity contribution in [2.75, 3.05) is 11.9 Å². The molecule has 2 N–H and O–H groups in total. The molecular weight excluding hydrogens is 232 g/mol. The van der Waals surface area contributed by atoms with Gasteiger partial charge in [0.15, 0.2) is 0 Å². The summed E-state index contributed by atoms with van der Waals surface area (Å²) in [6.07, 6.45) is 2.11. The summed E-state index contributed by atoms with van der Waals surface area (Å²) in [6, 6.07) is 0.321. The zero-order valence-electron chi connectivity index (χ0n) is 11.1. The number of hydrogen-bond donors (Lipinski definition) is 2. The molecule has 0 spiro atoms. The highest BCUT2D eigenvalue weighted by molar-refractivity contribution is 5.90. The number of amides is 1. The average molecular weight is 252 g/mol. The molecule has 0 bridgehead atoms. The van der Waals surface area contributed by atoms with Gasteiger partial charge in [0.1, 0.15) is 0 Å². The first kappa shape index (κ1) is 13.0. The quantitative estimate of drug-likeness (QED) is 0.853. The number of aromatic nitrogens is 2. The van der Waals surface area contributed by atoms with Gasteiger partial charge in [-0.3, -0.25) is 10.1 Å². The van der Waals surface area contributed by atoms with Crippen molar-refractivity contribution in [1.82, 2.24) is 15.5 Å². The Labute approximate surface area is 107 Å². The molecule has 2 rings (SSSR count). The van der Waals surface area contributed by atoms with E-state index in [1.807, 2.05) is 20.8 Å². The average Bonchev–Trinajstić information content (AvgIpc) is 2.96. The van der Waals surface area contributed by atoms with Gasteiger partial charge in [0, 0.05) is 5.92 Å². The molecule has 0 aliphatic carbocycles. The van der Waals surface area contributed by atoms with Gasteiger partial charge < -0.3 is 9.73 Å². The monoisotopic (exact) mass is 252 g/mol. The minimum Gasteiger partial charge on any atom is -0.406 e. The molecule has 1 aliphatic rings. The molecule has 100 valence electrons. The van der Waals surface area contributed by atoms with E-state index in [0.717, 1.165) is 19.4 Å². The minimum atomic E-state index is -0.0837. The molecule has 2 heterocycles. The Morgan fingerprint density at radius 3 is 2.83 bits per heavy atom. The summed E-state index contributed by atoms with van der Waals surface area (Å²) in [4.78, 5) is 11.8. The summed E-state index contributed by atoms with van der Waals surface area (Å²) in [5.74, 6) is 0.674. The van der Waals surface area contributed by atoms with Crippen molar-refractivity contribution >= 4 is 11.9 Å². The number of nitrogens with zero attached hydrogens (tertiary/aromatic N) is 2. The van der Waals surface area contributed by atoms with Crippen molar-refractivity contribution in [3.05, 3.63) is 5.89 Å². The maximum absolute atomic E-state index is 11.8. The Hall–Kier alpha value is -1.43. The molecule has 2 unspecified atom stereocenters. The molecule has 2 atom stereocenters. The van der Waals surface area contributed by atoms with Gasteiger partial charge in [0.2, 0.25) is 11.8 Å². The normalized spacial score (nSPS) is 21.2. The van der Waals surface area contributed by atoms with E-state index >= 15 is 0 Å². The van der Waals surface area contributed by atoms with E-state index in [9.17, 15) is 4.79 Å². The molecule has 0 aromatic carbocycles. The van der Waals surface area contributed by atoms with Gasteiger partial charge in [-0.2, -0.15) is 0 Å². The minimum absolute atomic E-state index is 0.0787. The zero-order chi connectivity index (χ0) is 13.1. The summed E-state index contributed by atoms with van der Waals surface area (Å²) in [6.45, 7) is 6.87. The predicted octanol–water partition coefficient (Wildman–Crippen LogP) is 1.72. The van der Waals surface area contributed by atoms with Gasteiger partial charge in [0.05, 0.1) is 6.04 Å². The van der Waals surface area contributed by atoms with Crippen LogP contribution in [0.3, 0.4) is 0 Å². The van der Waals surface area contributed by atoms with Crippen LogP contribution in [0.1, 0.15) is 45.5 Å². The molecule has 1 aromatic heterocycles. The van der Waals surface area contributed by atoms with Crippen LogP contribution in [0.25, 0.3) is 0 Å². The summed E-state index contributed by atoms with van der Waals surface area (Å²) in [5, 5.41) is 13.7. The van der Waals surface area contributed by atoms with Gasteiger partial charge in [0.25, 0.3) is 0 Å².